The van der Waals surface area contributed by atoms with Crippen molar-refractivity contribution in [1.82, 2.24) is 0 Å². The Morgan fingerprint density at radius 1 is 0.952 bits per heavy atom. The second-order valence-corrected chi connectivity index (χ2v) is 5.92. The Morgan fingerprint density at radius 2 is 1.76 bits per heavy atom. The average Bonchev–Trinajstić information content (AvgIpc) is 3.00. The molecule has 1 aliphatic rings. The Hall–Kier alpha value is -1.48. The highest BCUT2D eigenvalue weighted by molar-refractivity contribution is 9.08. The van der Waals surface area contributed by atoms with Crippen molar-refractivity contribution in [1.29, 1.82) is 0 Å². The molecule has 110 valence electrons. The molecule has 0 N–H and O–H groups in total. The maximum absolute atomic E-state index is 5.97. The summed E-state index contributed by atoms with van der Waals surface area (Å²) in [6.45, 7) is 0.579. The molecule has 2 aromatic carbocycles. The Kier molecular flexibility index (Phi) is 4.49. The first-order valence-corrected chi connectivity index (χ1v) is 8.38. The molecular weight excluding hydrogens is 328 g/mol. The third-order valence-electron chi connectivity index (χ3n) is 3.94. The lowest BCUT2D eigenvalue weighted by Crippen LogP contribution is -1.99. The quantitative estimate of drug-likeness (QED) is 0.733. The van der Waals surface area contributed by atoms with E-state index < -0.39 is 0 Å². The molecule has 2 nitrogen and oxygen atoms in total. The van der Waals surface area contributed by atoms with Gasteiger partial charge in [-0.1, -0.05) is 40.2 Å². The van der Waals surface area contributed by atoms with Crippen LogP contribution in [0.5, 0.6) is 11.5 Å². The van der Waals surface area contributed by atoms with Gasteiger partial charge in [-0.05, 0) is 53.6 Å². The molecule has 0 aliphatic heterocycles. The smallest absolute Gasteiger partial charge is 0.161 e. The zero-order valence-electron chi connectivity index (χ0n) is 12.2. The summed E-state index contributed by atoms with van der Waals surface area (Å²) < 4.78 is 11.3. The Labute approximate surface area is 134 Å². The molecule has 0 saturated carbocycles. The molecule has 0 radical (unpaired) electrons. The second kappa shape index (κ2) is 6.52. The fourth-order valence-electron chi connectivity index (χ4n) is 2.79. The molecule has 1 aliphatic carbocycles. The number of hydrogen-bond donors (Lipinski definition) is 0. The van der Waals surface area contributed by atoms with E-state index in [9.17, 15) is 0 Å². The van der Waals surface area contributed by atoms with E-state index >= 15 is 0 Å². The van der Waals surface area contributed by atoms with E-state index in [0.717, 1.165) is 16.8 Å². The first-order chi connectivity index (χ1) is 10.3. The molecule has 0 bridgehead atoms. The van der Waals surface area contributed by atoms with Crippen LogP contribution in [0.4, 0.5) is 0 Å². The van der Waals surface area contributed by atoms with Crippen LogP contribution in [0.2, 0.25) is 0 Å². The van der Waals surface area contributed by atoms with Crippen LogP contribution in [0.3, 0.4) is 0 Å². The van der Waals surface area contributed by atoms with Crippen LogP contribution in [0.15, 0.2) is 36.4 Å². The lowest BCUT2D eigenvalue weighted by molar-refractivity contribution is 0.284. The summed E-state index contributed by atoms with van der Waals surface area (Å²) in [6, 6.07) is 12.7. The zero-order valence-corrected chi connectivity index (χ0v) is 13.8. The van der Waals surface area contributed by atoms with E-state index in [1.54, 1.807) is 7.11 Å². The van der Waals surface area contributed by atoms with Crippen molar-refractivity contribution in [3.05, 3.63) is 58.7 Å². The molecule has 0 atom stereocenters. The van der Waals surface area contributed by atoms with Gasteiger partial charge in [0.2, 0.25) is 0 Å². The van der Waals surface area contributed by atoms with Crippen LogP contribution in [-0.2, 0) is 24.8 Å². The number of rotatable bonds is 5. The second-order valence-electron chi connectivity index (χ2n) is 5.36. The summed E-state index contributed by atoms with van der Waals surface area (Å²) in [6.07, 6.45) is 3.70. The molecule has 0 spiro atoms. The van der Waals surface area contributed by atoms with Crippen LogP contribution < -0.4 is 9.47 Å². The lowest BCUT2D eigenvalue weighted by atomic mass is 10.1. The number of benzene rings is 2. The highest BCUT2D eigenvalue weighted by Gasteiger charge is 2.11. The molecule has 21 heavy (non-hydrogen) atoms. The van der Waals surface area contributed by atoms with Crippen LogP contribution in [0, 0.1) is 0 Å². The highest BCUT2D eigenvalue weighted by Crippen LogP contribution is 2.30. The van der Waals surface area contributed by atoms with E-state index in [1.165, 1.54) is 41.5 Å². The number of hydrogen-bond acceptors (Lipinski definition) is 2. The number of ether oxygens (including phenoxy) is 2. The first kappa shape index (κ1) is 14.5. The Bertz CT molecular complexity index is 637. The molecule has 0 aromatic heterocycles. The summed E-state index contributed by atoms with van der Waals surface area (Å²) in [4.78, 5) is 0. The molecule has 0 heterocycles. The summed E-state index contributed by atoms with van der Waals surface area (Å²) in [5.41, 5.74) is 5.39. The van der Waals surface area contributed by atoms with Gasteiger partial charge in [0.05, 0.1) is 7.11 Å². The van der Waals surface area contributed by atoms with Crippen LogP contribution in [-0.4, -0.2) is 7.11 Å². The van der Waals surface area contributed by atoms with Crippen molar-refractivity contribution in [3.8, 4) is 11.5 Å². The predicted octanol–water partition coefficient (Wildman–Crippen LogP) is 4.66. The van der Waals surface area contributed by atoms with Crippen LogP contribution >= 0.6 is 15.9 Å². The highest BCUT2D eigenvalue weighted by atomic mass is 79.9. The molecule has 0 unspecified atom stereocenters. The molecule has 3 heteroatoms. The number of fused-ring (bicyclic) bond motifs is 1. The minimum absolute atomic E-state index is 0.579. The van der Waals surface area contributed by atoms with E-state index in [4.69, 9.17) is 9.47 Å². The minimum Gasteiger partial charge on any atom is -0.493 e. The normalized spacial score (nSPS) is 13.0. The minimum atomic E-state index is 0.579. The van der Waals surface area contributed by atoms with Gasteiger partial charge in [0.1, 0.15) is 6.61 Å². The SMILES string of the molecule is COc1ccc(CBr)cc1OCc1ccc2c(c1)CCC2. The van der Waals surface area contributed by atoms with Gasteiger partial charge in [-0.25, -0.2) is 0 Å². The third kappa shape index (κ3) is 3.24. The number of halogens is 1. The molecule has 0 saturated heterocycles. The average molecular weight is 347 g/mol. The summed E-state index contributed by atoms with van der Waals surface area (Å²) in [5.74, 6) is 1.58. The Balaban J connectivity index is 1.75. The van der Waals surface area contributed by atoms with Crippen molar-refractivity contribution in [2.45, 2.75) is 31.2 Å². The third-order valence-corrected chi connectivity index (χ3v) is 4.59. The van der Waals surface area contributed by atoms with Crippen molar-refractivity contribution in [2.24, 2.45) is 0 Å². The van der Waals surface area contributed by atoms with Gasteiger partial charge in [-0.3, -0.25) is 0 Å². The van der Waals surface area contributed by atoms with E-state index in [-0.39, 0.29) is 0 Å². The van der Waals surface area contributed by atoms with Gasteiger partial charge in [0.15, 0.2) is 11.5 Å². The first-order valence-electron chi connectivity index (χ1n) is 7.26. The monoisotopic (exact) mass is 346 g/mol. The zero-order chi connectivity index (χ0) is 14.7. The molecule has 0 fully saturated rings. The van der Waals surface area contributed by atoms with Gasteiger partial charge < -0.3 is 9.47 Å². The van der Waals surface area contributed by atoms with Gasteiger partial charge in [0, 0.05) is 5.33 Å². The number of methoxy groups -OCH3 is 1. The topological polar surface area (TPSA) is 18.5 Å². The summed E-state index contributed by atoms with van der Waals surface area (Å²) >= 11 is 3.47. The summed E-state index contributed by atoms with van der Waals surface area (Å²) in [7, 11) is 1.67. The molecule has 2 aromatic rings. The van der Waals surface area contributed by atoms with Crippen molar-refractivity contribution >= 4 is 15.9 Å². The van der Waals surface area contributed by atoms with Crippen LogP contribution in [0.1, 0.15) is 28.7 Å². The molecule has 3 rings (SSSR count). The lowest BCUT2D eigenvalue weighted by Gasteiger charge is -2.12. The largest absolute Gasteiger partial charge is 0.493 e. The van der Waals surface area contributed by atoms with E-state index in [0.29, 0.717) is 6.61 Å². The predicted molar refractivity (Wildman–Crippen MR) is 88.4 cm³/mol. The van der Waals surface area contributed by atoms with Gasteiger partial charge in [0.25, 0.3) is 0 Å². The van der Waals surface area contributed by atoms with Crippen molar-refractivity contribution in [3.63, 3.8) is 0 Å². The maximum Gasteiger partial charge on any atom is 0.161 e. The van der Waals surface area contributed by atoms with E-state index in [2.05, 4.69) is 34.1 Å². The van der Waals surface area contributed by atoms with Gasteiger partial charge >= 0.3 is 0 Å². The Morgan fingerprint density at radius 3 is 2.57 bits per heavy atom. The van der Waals surface area contributed by atoms with Gasteiger partial charge in [-0.15, -0.1) is 0 Å². The van der Waals surface area contributed by atoms with Crippen molar-refractivity contribution < 1.29 is 9.47 Å². The molecular formula is C18H19BrO2. The van der Waals surface area contributed by atoms with E-state index in [1.807, 2.05) is 18.2 Å². The number of aryl methyl sites for hydroxylation is 2. The fourth-order valence-corrected chi connectivity index (χ4v) is 3.14. The fraction of sp³-hybridized carbons (Fsp3) is 0.333. The molecule has 0 amide bonds. The van der Waals surface area contributed by atoms with Gasteiger partial charge in [-0.2, -0.15) is 0 Å². The summed E-state index contributed by atoms with van der Waals surface area (Å²) in [5, 5.41) is 0.812. The number of alkyl halides is 1. The standard InChI is InChI=1S/C18H19BrO2/c1-20-17-8-6-13(11-19)10-18(17)21-12-14-5-7-15-3-2-4-16(15)9-14/h5-10H,2-4,11-12H2,1H3. The van der Waals surface area contributed by atoms with Crippen molar-refractivity contribution in [2.75, 3.05) is 7.11 Å². The van der Waals surface area contributed by atoms with Crippen LogP contribution in [0.25, 0.3) is 0 Å². The maximum atomic E-state index is 5.97.